The molecule has 0 atom stereocenters. The van der Waals surface area contributed by atoms with Gasteiger partial charge in [0, 0.05) is 12.7 Å². The largest absolute Gasteiger partial charge is 0.353 e. The van der Waals surface area contributed by atoms with Crippen molar-refractivity contribution in [3.63, 3.8) is 0 Å². The number of anilines is 1. The second kappa shape index (κ2) is 5.81. The summed E-state index contributed by atoms with van der Waals surface area (Å²) in [5.41, 5.74) is 2.11. The van der Waals surface area contributed by atoms with E-state index in [1.807, 2.05) is 16.8 Å². The summed E-state index contributed by atoms with van der Waals surface area (Å²) in [4.78, 5) is 4.51. The van der Waals surface area contributed by atoms with Crippen LogP contribution in [-0.4, -0.2) is 21.1 Å². The van der Waals surface area contributed by atoms with Crippen molar-refractivity contribution in [2.75, 3.05) is 11.9 Å². The molecule has 2 aromatic heterocycles. The number of nitrogens with one attached hydrogen (secondary N) is 1. The molecule has 0 saturated heterocycles. The molecule has 1 saturated carbocycles. The molecule has 2 heterocycles. The highest BCUT2D eigenvalue weighted by molar-refractivity contribution is 5.44. The normalized spacial score (nSPS) is 23.1. The van der Waals surface area contributed by atoms with E-state index >= 15 is 0 Å². The van der Waals surface area contributed by atoms with Gasteiger partial charge in [0.25, 0.3) is 0 Å². The third kappa shape index (κ3) is 2.94. The van der Waals surface area contributed by atoms with Crippen LogP contribution >= 0.6 is 0 Å². The third-order valence-electron chi connectivity index (χ3n) is 4.57. The van der Waals surface area contributed by atoms with E-state index in [0.29, 0.717) is 0 Å². The topological polar surface area (TPSA) is 42.2 Å². The Kier molecular flexibility index (Phi) is 3.90. The molecule has 1 aliphatic carbocycles. The fourth-order valence-electron chi connectivity index (χ4n) is 3.14. The maximum atomic E-state index is 4.51. The lowest BCUT2D eigenvalue weighted by molar-refractivity contribution is 0.278. The Morgan fingerprint density at radius 2 is 1.95 bits per heavy atom. The minimum Gasteiger partial charge on any atom is -0.353 e. The molecule has 0 radical (unpaired) electrons. The Balaban J connectivity index is 1.57. The zero-order valence-electron chi connectivity index (χ0n) is 12.5. The zero-order valence-corrected chi connectivity index (χ0v) is 12.5. The lowest BCUT2D eigenvalue weighted by Gasteiger charge is -2.27. The molecule has 0 unspecified atom stereocenters. The van der Waals surface area contributed by atoms with Crippen LogP contribution in [-0.2, 0) is 0 Å². The molecule has 0 aliphatic heterocycles. The summed E-state index contributed by atoms with van der Waals surface area (Å²) in [5.74, 6) is 2.50. The van der Waals surface area contributed by atoms with Gasteiger partial charge in [-0.1, -0.05) is 32.3 Å². The summed E-state index contributed by atoms with van der Waals surface area (Å²) in [7, 11) is 0. The maximum absolute atomic E-state index is 4.51. The van der Waals surface area contributed by atoms with Crippen molar-refractivity contribution >= 4 is 11.6 Å². The van der Waals surface area contributed by atoms with Crippen LogP contribution in [0.2, 0.25) is 0 Å². The molecule has 0 amide bonds. The summed E-state index contributed by atoms with van der Waals surface area (Å²) in [6.45, 7) is 5.39. The first-order valence-electron chi connectivity index (χ1n) is 7.81. The van der Waals surface area contributed by atoms with Crippen LogP contribution in [0, 0.1) is 18.8 Å². The monoisotopic (exact) mass is 272 g/mol. The van der Waals surface area contributed by atoms with E-state index in [0.717, 1.165) is 30.0 Å². The van der Waals surface area contributed by atoms with E-state index in [1.54, 1.807) is 0 Å². The Bertz CT molecular complexity index is 567. The molecule has 4 heteroatoms. The second-order valence-corrected chi connectivity index (χ2v) is 6.12. The second-order valence-electron chi connectivity index (χ2n) is 6.12. The highest BCUT2D eigenvalue weighted by Crippen LogP contribution is 2.30. The van der Waals surface area contributed by atoms with Crippen molar-refractivity contribution in [1.82, 2.24) is 14.6 Å². The number of hydrogen-bond donors (Lipinski definition) is 1. The van der Waals surface area contributed by atoms with Gasteiger partial charge in [-0.05, 0) is 43.2 Å². The van der Waals surface area contributed by atoms with Gasteiger partial charge in [0.15, 0.2) is 5.65 Å². The van der Waals surface area contributed by atoms with Crippen molar-refractivity contribution in [2.24, 2.45) is 11.8 Å². The van der Waals surface area contributed by atoms with Crippen LogP contribution < -0.4 is 5.32 Å². The number of rotatable bonds is 4. The van der Waals surface area contributed by atoms with E-state index in [1.165, 1.54) is 37.7 Å². The predicted octanol–water partition coefficient (Wildman–Crippen LogP) is 3.67. The molecule has 2 aromatic rings. The standard InChI is InChI=1S/C16H24N4/c1-3-13-5-7-14(8-6-13)10-17-16-18-15-9-4-12(2)11-20(15)19-16/h4,9,11,13-14H,3,5-8,10H2,1-2H3,(H,17,19). The van der Waals surface area contributed by atoms with Crippen molar-refractivity contribution < 1.29 is 0 Å². The highest BCUT2D eigenvalue weighted by Gasteiger charge is 2.20. The van der Waals surface area contributed by atoms with Gasteiger partial charge in [0.1, 0.15) is 0 Å². The molecule has 108 valence electrons. The molecule has 4 nitrogen and oxygen atoms in total. The first-order valence-corrected chi connectivity index (χ1v) is 7.81. The van der Waals surface area contributed by atoms with Gasteiger partial charge in [0.05, 0.1) is 0 Å². The molecule has 0 bridgehead atoms. The van der Waals surface area contributed by atoms with E-state index in [4.69, 9.17) is 0 Å². The van der Waals surface area contributed by atoms with Crippen LogP contribution in [0.5, 0.6) is 0 Å². The number of fused-ring (bicyclic) bond motifs is 1. The average molecular weight is 272 g/mol. The molecule has 1 fully saturated rings. The summed E-state index contributed by atoms with van der Waals surface area (Å²) >= 11 is 0. The molecular formula is C16H24N4. The van der Waals surface area contributed by atoms with Gasteiger partial charge in [-0.3, -0.25) is 0 Å². The van der Waals surface area contributed by atoms with Crippen LogP contribution in [0.4, 0.5) is 5.95 Å². The smallest absolute Gasteiger partial charge is 0.243 e. The first-order chi connectivity index (χ1) is 9.74. The van der Waals surface area contributed by atoms with E-state index < -0.39 is 0 Å². The number of aryl methyl sites for hydroxylation is 1. The lowest BCUT2D eigenvalue weighted by Crippen LogP contribution is -2.21. The summed E-state index contributed by atoms with van der Waals surface area (Å²) in [5, 5.41) is 7.90. The highest BCUT2D eigenvalue weighted by atomic mass is 15.3. The third-order valence-corrected chi connectivity index (χ3v) is 4.57. The SMILES string of the molecule is CCC1CCC(CNc2nc3ccc(C)cn3n2)CC1. The van der Waals surface area contributed by atoms with Crippen molar-refractivity contribution in [1.29, 1.82) is 0 Å². The Morgan fingerprint density at radius 3 is 2.70 bits per heavy atom. The Morgan fingerprint density at radius 1 is 1.20 bits per heavy atom. The summed E-state index contributed by atoms with van der Waals surface area (Å²) in [6, 6.07) is 4.08. The fourth-order valence-corrected chi connectivity index (χ4v) is 3.14. The molecule has 1 N–H and O–H groups in total. The van der Waals surface area contributed by atoms with Gasteiger partial charge in [0.2, 0.25) is 5.95 Å². The van der Waals surface area contributed by atoms with Gasteiger partial charge in [-0.2, -0.15) is 4.98 Å². The zero-order chi connectivity index (χ0) is 13.9. The summed E-state index contributed by atoms with van der Waals surface area (Å²) in [6.07, 6.45) is 8.82. The molecule has 0 aromatic carbocycles. The number of nitrogens with zero attached hydrogens (tertiary/aromatic N) is 3. The van der Waals surface area contributed by atoms with Crippen molar-refractivity contribution in [3.8, 4) is 0 Å². The van der Waals surface area contributed by atoms with Gasteiger partial charge in [-0.15, -0.1) is 5.10 Å². The van der Waals surface area contributed by atoms with Crippen molar-refractivity contribution in [2.45, 2.75) is 46.0 Å². The number of hydrogen-bond acceptors (Lipinski definition) is 3. The minimum absolute atomic E-state index is 0.758. The number of aromatic nitrogens is 3. The average Bonchev–Trinajstić information content (AvgIpc) is 2.87. The van der Waals surface area contributed by atoms with Crippen LogP contribution in [0.25, 0.3) is 5.65 Å². The van der Waals surface area contributed by atoms with Crippen LogP contribution in [0.1, 0.15) is 44.6 Å². The quantitative estimate of drug-likeness (QED) is 0.923. The predicted molar refractivity (Wildman–Crippen MR) is 82.0 cm³/mol. The van der Waals surface area contributed by atoms with Gasteiger partial charge < -0.3 is 5.32 Å². The van der Waals surface area contributed by atoms with Gasteiger partial charge in [-0.25, -0.2) is 4.52 Å². The van der Waals surface area contributed by atoms with Crippen molar-refractivity contribution in [3.05, 3.63) is 23.9 Å². The van der Waals surface area contributed by atoms with E-state index in [-0.39, 0.29) is 0 Å². The molecular weight excluding hydrogens is 248 g/mol. The van der Waals surface area contributed by atoms with E-state index in [2.05, 4.69) is 35.3 Å². The first kappa shape index (κ1) is 13.4. The molecule has 3 rings (SSSR count). The van der Waals surface area contributed by atoms with Crippen LogP contribution in [0.3, 0.4) is 0 Å². The van der Waals surface area contributed by atoms with Crippen LogP contribution in [0.15, 0.2) is 18.3 Å². The van der Waals surface area contributed by atoms with Gasteiger partial charge >= 0.3 is 0 Å². The molecule has 0 spiro atoms. The Hall–Kier alpha value is -1.58. The molecule has 20 heavy (non-hydrogen) atoms. The molecule has 1 aliphatic rings. The maximum Gasteiger partial charge on any atom is 0.243 e. The van der Waals surface area contributed by atoms with E-state index in [9.17, 15) is 0 Å². The minimum atomic E-state index is 0.758. The summed E-state index contributed by atoms with van der Waals surface area (Å²) < 4.78 is 1.85. The lowest BCUT2D eigenvalue weighted by atomic mass is 9.81. The number of pyridine rings is 1. The Labute approximate surface area is 120 Å². The fraction of sp³-hybridized carbons (Fsp3) is 0.625.